The fourth-order valence-corrected chi connectivity index (χ4v) is 4.16. The first-order valence-corrected chi connectivity index (χ1v) is 11.2. The average molecular weight is 432 g/mol. The maximum Gasteiger partial charge on any atom is 0.257 e. The summed E-state index contributed by atoms with van der Waals surface area (Å²) < 4.78 is 1.76. The third-order valence-corrected chi connectivity index (χ3v) is 5.92. The van der Waals surface area contributed by atoms with Gasteiger partial charge in [0, 0.05) is 49.2 Å². The zero-order valence-electron chi connectivity index (χ0n) is 18.9. The molecule has 32 heavy (non-hydrogen) atoms. The summed E-state index contributed by atoms with van der Waals surface area (Å²) in [5, 5.41) is 8.64. The number of amides is 1. The molecule has 166 valence electrons. The van der Waals surface area contributed by atoms with Crippen LogP contribution in [0.5, 0.6) is 0 Å². The van der Waals surface area contributed by atoms with Crippen molar-refractivity contribution in [3.05, 3.63) is 42.5 Å². The maximum atomic E-state index is 13.1. The quantitative estimate of drug-likeness (QED) is 0.501. The predicted molar refractivity (Wildman–Crippen MR) is 126 cm³/mol. The standard InChI is InChI=1S/C24H29N7O/c1-24(2,3)15-27-23-26-13-18-17(12-25-21(18)29-23)16-7-10-31-20(11-16)19(14-28-31)22(32)30-8-5-4-6-9-30/h7,10-14H,4-6,8-9,15H2,1-3H3,(H2,25,26,27,29). The van der Waals surface area contributed by atoms with E-state index in [0.29, 0.717) is 11.5 Å². The van der Waals surface area contributed by atoms with Crippen LogP contribution in [0.1, 0.15) is 50.4 Å². The van der Waals surface area contributed by atoms with Crippen LogP contribution in [-0.2, 0) is 0 Å². The van der Waals surface area contributed by atoms with Crippen LogP contribution in [-0.4, -0.2) is 55.0 Å². The molecule has 4 aromatic rings. The van der Waals surface area contributed by atoms with Gasteiger partial charge in [0.15, 0.2) is 0 Å². The van der Waals surface area contributed by atoms with Crippen LogP contribution in [0.2, 0.25) is 0 Å². The van der Waals surface area contributed by atoms with Crippen LogP contribution in [0.4, 0.5) is 5.95 Å². The van der Waals surface area contributed by atoms with Crippen molar-refractivity contribution in [1.29, 1.82) is 0 Å². The van der Waals surface area contributed by atoms with E-state index in [-0.39, 0.29) is 11.3 Å². The highest BCUT2D eigenvalue weighted by atomic mass is 16.2. The van der Waals surface area contributed by atoms with E-state index in [1.54, 1.807) is 10.7 Å². The van der Waals surface area contributed by atoms with E-state index in [0.717, 1.165) is 60.2 Å². The van der Waals surface area contributed by atoms with Crippen molar-refractivity contribution in [2.75, 3.05) is 25.0 Å². The molecule has 0 atom stereocenters. The molecule has 0 saturated carbocycles. The Morgan fingerprint density at radius 2 is 2.00 bits per heavy atom. The van der Waals surface area contributed by atoms with E-state index in [2.05, 4.69) is 46.1 Å². The number of pyridine rings is 1. The Labute approximate surface area is 187 Å². The van der Waals surface area contributed by atoms with Gasteiger partial charge in [-0.1, -0.05) is 20.8 Å². The molecule has 4 aromatic heterocycles. The molecule has 1 amide bonds. The molecule has 0 radical (unpaired) electrons. The molecule has 0 bridgehead atoms. The number of carbonyl (C=O) groups excluding carboxylic acids is 1. The summed E-state index contributed by atoms with van der Waals surface area (Å²) in [5.74, 6) is 0.676. The third-order valence-electron chi connectivity index (χ3n) is 5.92. The average Bonchev–Trinajstić information content (AvgIpc) is 3.40. The molecule has 0 unspecified atom stereocenters. The number of piperidine rings is 1. The lowest BCUT2D eigenvalue weighted by atomic mass is 9.97. The highest BCUT2D eigenvalue weighted by Gasteiger charge is 2.22. The molecule has 1 aliphatic heterocycles. The predicted octanol–water partition coefficient (Wildman–Crippen LogP) is 4.36. The van der Waals surface area contributed by atoms with Gasteiger partial charge in [-0.25, -0.2) is 9.50 Å². The Hall–Kier alpha value is -3.42. The Morgan fingerprint density at radius 3 is 2.78 bits per heavy atom. The lowest BCUT2D eigenvalue weighted by Gasteiger charge is -2.26. The minimum absolute atomic E-state index is 0.0636. The van der Waals surface area contributed by atoms with Crippen molar-refractivity contribution in [3.63, 3.8) is 0 Å². The van der Waals surface area contributed by atoms with Gasteiger partial charge in [0.1, 0.15) is 5.65 Å². The number of aromatic nitrogens is 5. The Morgan fingerprint density at radius 1 is 1.19 bits per heavy atom. The molecule has 0 aliphatic carbocycles. The van der Waals surface area contributed by atoms with E-state index in [4.69, 9.17) is 0 Å². The fourth-order valence-electron chi connectivity index (χ4n) is 4.16. The van der Waals surface area contributed by atoms with E-state index in [9.17, 15) is 4.79 Å². The Balaban J connectivity index is 1.47. The molecule has 0 aromatic carbocycles. The SMILES string of the molecule is CC(C)(C)CNc1ncc2c(-c3ccn4ncc(C(=O)N5CCCCC5)c4c3)c[nH]c2n1. The van der Waals surface area contributed by atoms with Gasteiger partial charge in [-0.15, -0.1) is 0 Å². The summed E-state index contributed by atoms with van der Waals surface area (Å²) in [7, 11) is 0. The maximum absolute atomic E-state index is 13.1. The second-order valence-electron chi connectivity index (χ2n) is 9.73. The topological polar surface area (TPSA) is 91.2 Å². The summed E-state index contributed by atoms with van der Waals surface area (Å²) in [6, 6.07) is 4.03. The van der Waals surface area contributed by atoms with Crippen molar-refractivity contribution in [1.82, 2.24) is 29.5 Å². The van der Waals surface area contributed by atoms with Gasteiger partial charge in [0.2, 0.25) is 5.95 Å². The molecule has 0 spiro atoms. The lowest BCUT2D eigenvalue weighted by Crippen LogP contribution is -2.35. The van der Waals surface area contributed by atoms with E-state index < -0.39 is 0 Å². The summed E-state index contributed by atoms with van der Waals surface area (Å²) in [6.07, 6.45) is 10.7. The molecule has 5 heterocycles. The number of nitrogens with zero attached hydrogens (tertiary/aromatic N) is 5. The molecule has 1 saturated heterocycles. The third kappa shape index (κ3) is 3.92. The van der Waals surface area contributed by atoms with Gasteiger partial charge in [0.05, 0.1) is 17.3 Å². The van der Waals surface area contributed by atoms with Crippen LogP contribution in [0.15, 0.2) is 36.9 Å². The van der Waals surface area contributed by atoms with E-state index >= 15 is 0 Å². The van der Waals surface area contributed by atoms with Crippen molar-refractivity contribution >= 4 is 28.4 Å². The molecular formula is C24H29N7O. The van der Waals surface area contributed by atoms with Crippen LogP contribution in [0.3, 0.4) is 0 Å². The summed E-state index contributed by atoms with van der Waals surface area (Å²) >= 11 is 0. The molecule has 2 N–H and O–H groups in total. The Bertz CT molecular complexity index is 1270. The first-order valence-electron chi connectivity index (χ1n) is 11.2. The normalized spacial score (nSPS) is 14.9. The largest absolute Gasteiger partial charge is 0.354 e. The van der Waals surface area contributed by atoms with Gasteiger partial charge < -0.3 is 15.2 Å². The number of hydrogen-bond donors (Lipinski definition) is 2. The number of aromatic amines is 1. The first-order chi connectivity index (χ1) is 15.4. The summed E-state index contributed by atoms with van der Waals surface area (Å²) in [6.45, 7) is 8.94. The van der Waals surface area contributed by atoms with Crippen molar-refractivity contribution in [2.24, 2.45) is 5.41 Å². The smallest absolute Gasteiger partial charge is 0.257 e. The molecular weight excluding hydrogens is 402 g/mol. The molecule has 5 rings (SSSR count). The van der Waals surface area contributed by atoms with Crippen LogP contribution in [0.25, 0.3) is 27.7 Å². The molecule has 1 fully saturated rings. The number of carbonyl (C=O) groups is 1. The number of rotatable bonds is 4. The number of nitrogens with one attached hydrogen (secondary N) is 2. The van der Waals surface area contributed by atoms with Crippen LogP contribution >= 0.6 is 0 Å². The number of H-pyrrole nitrogens is 1. The zero-order valence-corrected chi connectivity index (χ0v) is 18.9. The highest BCUT2D eigenvalue weighted by Crippen LogP contribution is 2.30. The lowest BCUT2D eigenvalue weighted by molar-refractivity contribution is 0.0726. The monoisotopic (exact) mass is 431 g/mol. The van der Waals surface area contributed by atoms with Gasteiger partial charge in [-0.2, -0.15) is 10.1 Å². The number of likely N-dealkylation sites (tertiary alicyclic amines) is 1. The molecule has 8 heteroatoms. The van der Waals surface area contributed by atoms with Crippen LogP contribution < -0.4 is 5.32 Å². The van der Waals surface area contributed by atoms with Gasteiger partial charge in [-0.05, 0) is 42.4 Å². The molecule has 1 aliphatic rings. The van der Waals surface area contributed by atoms with Crippen molar-refractivity contribution in [3.8, 4) is 11.1 Å². The summed E-state index contributed by atoms with van der Waals surface area (Å²) in [4.78, 5) is 27.4. The zero-order chi connectivity index (χ0) is 22.3. The number of anilines is 1. The highest BCUT2D eigenvalue weighted by molar-refractivity contribution is 6.02. The first kappa shape index (κ1) is 20.5. The van der Waals surface area contributed by atoms with Crippen LogP contribution in [0, 0.1) is 5.41 Å². The number of fused-ring (bicyclic) bond motifs is 2. The van der Waals surface area contributed by atoms with E-state index in [1.807, 2.05) is 35.6 Å². The second-order valence-corrected chi connectivity index (χ2v) is 9.73. The van der Waals surface area contributed by atoms with Gasteiger partial charge >= 0.3 is 0 Å². The fraction of sp³-hybridized carbons (Fsp3) is 0.417. The van der Waals surface area contributed by atoms with Gasteiger partial charge in [-0.3, -0.25) is 4.79 Å². The molecule has 8 nitrogen and oxygen atoms in total. The summed E-state index contributed by atoms with van der Waals surface area (Å²) in [5.41, 5.74) is 4.39. The second kappa shape index (κ2) is 7.93. The minimum atomic E-state index is 0.0636. The minimum Gasteiger partial charge on any atom is -0.354 e. The number of hydrogen-bond acceptors (Lipinski definition) is 5. The van der Waals surface area contributed by atoms with E-state index in [1.165, 1.54) is 6.42 Å². The Kier molecular flexibility index (Phi) is 5.07. The van der Waals surface area contributed by atoms with Gasteiger partial charge in [0.25, 0.3) is 5.91 Å². The van der Waals surface area contributed by atoms with Crippen molar-refractivity contribution < 1.29 is 4.79 Å². The van der Waals surface area contributed by atoms with Crippen molar-refractivity contribution in [2.45, 2.75) is 40.0 Å².